The fourth-order valence-electron chi connectivity index (χ4n) is 4.64. The highest BCUT2D eigenvalue weighted by Crippen LogP contribution is 2.42. The van der Waals surface area contributed by atoms with Gasteiger partial charge in [-0.15, -0.1) is 0 Å². The first-order valence-corrected chi connectivity index (χ1v) is 12.1. The Labute approximate surface area is 215 Å². The van der Waals surface area contributed by atoms with Crippen LogP contribution in [0.2, 0.25) is 0 Å². The molecule has 0 radical (unpaired) electrons. The van der Waals surface area contributed by atoms with Gasteiger partial charge in [0.25, 0.3) is 0 Å². The maximum Gasteiger partial charge on any atom is 0.434 e. The lowest BCUT2D eigenvalue weighted by Crippen LogP contribution is -2.14. The zero-order chi connectivity index (χ0) is 26.4. The molecule has 4 heterocycles. The molecule has 1 aliphatic rings. The van der Waals surface area contributed by atoms with Gasteiger partial charge in [0.2, 0.25) is 5.88 Å². The number of benzene rings is 1. The minimum atomic E-state index is -4.49. The van der Waals surface area contributed by atoms with Gasteiger partial charge in [-0.05, 0) is 18.4 Å². The van der Waals surface area contributed by atoms with E-state index in [1.54, 1.807) is 43.4 Å². The van der Waals surface area contributed by atoms with E-state index in [9.17, 15) is 13.2 Å². The Morgan fingerprint density at radius 1 is 1.03 bits per heavy atom. The molecule has 0 unspecified atom stereocenters. The number of rotatable bonds is 6. The summed E-state index contributed by atoms with van der Waals surface area (Å²) in [4.78, 5) is 22.0. The van der Waals surface area contributed by atoms with Crippen molar-refractivity contribution >= 4 is 11.0 Å². The lowest BCUT2D eigenvalue weighted by atomic mass is 9.81. The Kier molecular flexibility index (Phi) is 5.81. The number of aromatic nitrogens is 8. The SMILES string of the molecule is COc1ncnc(C2CCC2)c1-c1ncc2cnn(Cc3ccc(-c4nc(C(F)(F)F)cn4C)cc3)c2n1. The normalized spacial score (nSPS) is 14.1. The molecule has 1 aliphatic carbocycles. The third-order valence-electron chi connectivity index (χ3n) is 6.84. The standard InChI is InChI=1S/C26H23F3N8O/c1-36-13-19(26(27,28)29)34-23(36)17-8-6-15(7-9-17)12-37-24-18(11-33-37)10-30-22(35-24)20-21(16-4-3-5-16)31-14-32-25(20)38-2/h6-11,13-14,16H,3-5,12H2,1-2H3. The number of aryl methyl sites for hydroxylation is 1. The van der Waals surface area contributed by atoms with Crippen LogP contribution in [0.3, 0.4) is 0 Å². The van der Waals surface area contributed by atoms with E-state index >= 15 is 0 Å². The van der Waals surface area contributed by atoms with Crippen LogP contribution in [-0.2, 0) is 19.8 Å². The molecule has 12 heteroatoms. The van der Waals surface area contributed by atoms with Crippen molar-refractivity contribution < 1.29 is 17.9 Å². The molecular formula is C26H23F3N8O. The molecule has 0 N–H and O–H groups in total. The second kappa shape index (κ2) is 9.19. The molecule has 6 rings (SSSR count). The molecule has 1 saturated carbocycles. The van der Waals surface area contributed by atoms with Gasteiger partial charge in [0.1, 0.15) is 17.7 Å². The van der Waals surface area contributed by atoms with Gasteiger partial charge in [0.05, 0.1) is 30.9 Å². The largest absolute Gasteiger partial charge is 0.480 e. The number of nitrogens with zero attached hydrogens (tertiary/aromatic N) is 8. The number of methoxy groups -OCH3 is 1. The van der Waals surface area contributed by atoms with E-state index in [4.69, 9.17) is 9.72 Å². The molecule has 0 spiro atoms. The molecule has 1 fully saturated rings. The van der Waals surface area contributed by atoms with E-state index < -0.39 is 11.9 Å². The van der Waals surface area contributed by atoms with Gasteiger partial charge in [-0.2, -0.15) is 18.3 Å². The van der Waals surface area contributed by atoms with Crippen LogP contribution in [0.4, 0.5) is 13.2 Å². The van der Waals surface area contributed by atoms with E-state index in [0.717, 1.165) is 42.1 Å². The summed E-state index contributed by atoms with van der Waals surface area (Å²) in [6, 6.07) is 7.19. The molecule has 5 aromatic rings. The summed E-state index contributed by atoms with van der Waals surface area (Å²) in [6.45, 7) is 0.409. The predicted octanol–water partition coefficient (Wildman–Crippen LogP) is 5.03. The van der Waals surface area contributed by atoms with Crippen molar-refractivity contribution in [3.05, 3.63) is 66.1 Å². The zero-order valence-electron chi connectivity index (χ0n) is 20.6. The number of halogens is 3. The summed E-state index contributed by atoms with van der Waals surface area (Å²) >= 11 is 0. The summed E-state index contributed by atoms with van der Waals surface area (Å²) in [6.07, 6.45) is 4.69. The Hall–Kier alpha value is -4.35. The smallest absolute Gasteiger partial charge is 0.434 e. The molecule has 0 saturated heterocycles. The fourth-order valence-corrected chi connectivity index (χ4v) is 4.64. The van der Waals surface area contributed by atoms with Crippen LogP contribution in [0.1, 0.15) is 42.1 Å². The van der Waals surface area contributed by atoms with Crippen LogP contribution in [0.5, 0.6) is 5.88 Å². The summed E-state index contributed by atoms with van der Waals surface area (Å²) in [5.41, 5.74) is 2.81. The van der Waals surface area contributed by atoms with Gasteiger partial charge >= 0.3 is 6.18 Å². The predicted molar refractivity (Wildman–Crippen MR) is 132 cm³/mol. The van der Waals surface area contributed by atoms with Crippen molar-refractivity contribution in [2.45, 2.75) is 37.9 Å². The topological polar surface area (TPSA) is 96.4 Å². The second-order valence-electron chi connectivity index (χ2n) is 9.30. The van der Waals surface area contributed by atoms with Crippen molar-refractivity contribution in [3.8, 4) is 28.7 Å². The van der Waals surface area contributed by atoms with Gasteiger partial charge in [-0.1, -0.05) is 30.7 Å². The van der Waals surface area contributed by atoms with Crippen molar-refractivity contribution in [2.24, 2.45) is 7.05 Å². The highest BCUT2D eigenvalue weighted by molar-refractivity contribution is 5.77. The minimum absolute atomic E-state index is 0.243. The van der Waals surface area contributed by atoms with E-state index in [-0.39, 0.29) is 5.82 Å². The number of alkyl halides is 3. The number of hydrogen-bond donors (Lipinski definition) is 0. The number of hydrogen-bond acceptors (Lipinski definition) is 7. The van der Waals surface area contributed by atoms with Crippen molar-refractivity contribution in [1.29, 1.82) is 0 Å². The Bertz CT molecular complexity index is 1620. The van der Waals surface area contributed by atoms with Crippen molar-refractivity contribution in [1.82, 2.24) is 39.3 Å². The average Bonchev–Trinajstić information content (AvgIpc) is 3.46. The molecule has 0 bridgehead atoms. The molecule has 38 heavy (non-hydrogen) atoms. The zero-order valence-corrected chi connectivity index (χ0v) is 20.6. The first-order chi connectivity index (χ1) is 18.3. The molecule has 0 amide bonds. The fraction of sp³-hybridized carbons (Fsp3) is 0.308. The monoisotopic (exact) mass is 520 g/mol. The van der Waals surface area contributed by atoms with Gasteiger partial charge in [-0.3, -0.25) is 0 Å². The second-order valence-corrected chi connectivity index (χ2v) is 9.30. The third-order valence-corrected chi connectivity index (χ3v) is 6.84. The van der Waals surface area contributed by atoms with Crippen LogP contribution in [-0.4, -0.2) is 46.4 Å². The van der Waals surface area contributed by atoms with E-state index in [0.29, 0.717) is 40.9 Å². The summed E-state index contributed by atoms with van der Waals surface area (Å²) in [5.74, 6) is 1.48. The molecule has 0 aliphatic heterocycles. The summed E-state index contributed by atoms with van der Waals surface area (Å²) < 4.78 is 47.8. The minimum Gasteiger partial charge on any atom is -0.480 e. The van der Waals surface area contributed by atoms with E-state index in [1.165, 1.54) is 10.9 Å². The van der Waals surface area contributed by atoms with Crippen LogP contribution in [0.15, 0.2) is 49.2 Å². The maximum absolute atomic E-state index is 13.1. The molecule has 4 aromatic heterocycles. The molecule has 0 atom stereocenters. The maximum atomic E-state index is 13.1. The van der Waals surface area contributed by atoms with E-state index in [2.05, 4.69) is 25.0 Å². The number of imidazole rings is 1. The lowest BCUT2D eigenvalue weighted by molar-refractivity contribution is -0.140. The third kappa shape index (κ3) is 4.25. The van der Waals surface area contributed by atoms with E-state index in [1.807, 2.05) is 12.1 Å². The summed E-state index contributed by atoms with van der Waals surface area (Å²) in [7, 11) is 3.11. The van der Waals surface area contributed by atoms with Crippen molar-refractivity contribution in [3.63, 3.8) is 0 Å². The Balaban J connectivity index is 1.31. The highest BCUT2D eigenvalue weighted by atomic mass is 19.4. The van der Waals surface area contributed by atoms with Crippen LogP contribution >= 0.6 is 0 Å². The Morgan fingerprint density at radius 3 is 2.47 bits per heavy atom. The van der Waals surface area contributed by atoms with Gasteiger partial charge in [-0.25, -0.2) is 29.6 Å². The van der Waals surface area contributed by atoms with Crippen LogP contribution in [0, 0.1) is 0 Å². The van der Waals surface area contributed by atoms with Crippen LogP contribution < -0.4 is 4.74 Å². The molecular weight excluding hydrogens is 497 g/mol. The Morgan fingerprint density at radius 2 is 1.82 bits per heavy atom. The van der Waals surface area contributed by atoms with Gasteiger partial charge in [0.15, 0.2) is 17.2 Å². The van der Waals surface area contributed by atoms with Crippen LogP contribution in [0.25, 0.3) is 33.8 Å². The quantitative estimate of drug-likeness (QED) is 0.310. The molecule has 1 aromatic carbocycles. The summed E-state index contributed by atoms with van der Waals surface area (Å²) in [5, 5.41) is 5.27. The average molecular weight is 521 g/mol. The van der Waals surface area contributed by atoms with Gasteiger partial charge in [0, 0.05) is 30.9 Å². The van der Waals surface area contributed by atoms with Gasteiger partial charge < -0.3 is 9.30 Å². The number of ether oxygens (including phenoxy) is 1. The first kappa shape index (κ1) is 24.0. The lowest BCUT2D eigenvalue weighted by Gasteiger charge is -2.26. The molecule has 9 nitrogen and oxygen atoms in total. The first-order valence-electron chi connectivity index (χ1n) is 12.1. The highest BCUT2D eigenvalue weighted by Gasteiger charge is 2.34. The van der Waals surface area contributed by atoms with Crippen molar-refractivity contribution in [2.75, 3.05) is 7.11 Å². The molecule has 194 valence electrons. The number of fused-ring (bicyclic) bond motifs is 1.